The number of ether oxygens (including phenoxy) is 4. The van der Waals surface area contributed by atoms with Gasteiger partial charge >= 0.3 is 17.9 Å². The van der Waals surface area contributed by atoms with Gasteiger partial charge in [0.05, 0.1) is 50.0 Å². The number of ketones is 2. The molecule has 2 aliphatic heterocycles. The molecule has 0 bridgehead atoms. The predicted octanol–water partition coefficient (Wildman–Crippen LogP) is 9.48. The van der Waals surface area contributed by atoms with Crippen LogP contribution >= 0.6 is 64.8 Å². The lowest BCUT2D eigenvalue weighted by Crippen LogP contribution is -2.29. The Labute approximate surface area is 417 Å². The Kier molecular flexibility index (Phi) is 40.3. The van der Waals surface area contributed by atoms with E-state index < -0.39 is 29.7 Å². The molecule has 0 aromatic heterocycles. The molecule has 384 valence electrons. The van der Waals surface area contributed by atoms with Gasteiger partial charge in [-0.3, -0.25) is 33.6 Å². The fraction of sp³-hybridized carbons (Fsp3) is 0.841. The molecule has 0 aliphatic carbocycles. The molecule has 22 heteroatoms. The summed E-state index contributed by atoms with van der Waals surface area (Å²) < 4.78 is 21.9. The maximum atomic E-state index is 12.4. The lowest BCUT2D eigenvalue weighted by Gasteiger charge is -2.13. The summed E-state index contributed by atoms with van der Waals surface area (Å²) in [6.07, 6.45) is 16.0. The first-order valence-electron chi connectivity index (χ1n) is 23.4. The first kappa shape index (κ1) is 62.6. The van der Waals surface area contributed by atoms with E-state index in [9.17, 15) is 38.7 Å². The number of unbranched alkanes of at least 4 members (excludes halogenated alkanes) is 12. The molecule has 2 amide bonds. The molecule has 2 rings (SSSR count). The van der Waals surface area contributed by atoms with E-state index in [0.29, 0.717) is 54.6 Å². The second-order valence-corrected chi connectivity index (χ2v) is 25.5. The lowest BCUT2D eigenvalue weighted by molar-refractivity contribution is -0.144. The van der Waals surface area contributed by atoms with Crippen LogP contribution < -0.4 is 10.6 Å². The number of carboxylic acids is 3. The quantitative estimate of drug-likeness (QED) is 0.0217. The SMILES string of the molecule is C1SSC2(SS1)SS2.C[C@@H](CCCCNC(=O)COCCOCCCC(=O)COCCOCCNC(=O)CC[C@H](CC(=O)CCCCCCCCCCCCCCC(=O)O)C(=O)O)C(=O)O.[HH]. The molecule has 2 aliphatic rings. The third-order valence-electron chi connectivity index (χ3n) is 10.1. The lowest BCUT2D eigenvalue weighted by atomic mass is 9.94. The fourth-order valence-corrected chi connectivity index (χ4v) is 19.3. The van der Waals surface area contributed by atoms with E-state index in [1.165, 1.54) is 24.3 Å². The summed E-state index contributed by atoms with van der Waals surface area (Å²) in [7, 11) is 12.0. The van der Waals surface area contributed by atoms with Crippen molar-refractivity contribution in [1.82, 2.24) is 10.6 Å². The highest BCUT2D eigenvalue weighted by Gasteiger charge is 2.50. The van der Waals surface area contributed by atoms with Crippen LogP contribution in [0.25, 0.3) is 0 Å². The third kappa shape index (κ3) is 39.5. The highest BCUT2D eigenvalue weighted by Crippen LogP contribution is 2.83. The summed E-state index contributed by atoms with van der Waals surface area (Å²) in [6.45, 7) is 3.79. The number of carbonyl (C=O) groups is 7. The predicted molar refractivity (Wildman–Crippen MR) is 272 cm³/mol. The number of carbonyl (C=O) groups excluding carboxylic acids is 4. The summed E-state index contributed by atoms with van der Waals surface area (Å²) in [4.78, 5) is 81.3. The van der Waals surface area contributed by atoms with Crippen molar-refractivity contribution in [2.75, 3.05) is 71.0 Å². The minimum Gasteiger partial charge on any atom is -0.481 e. The molecule has 0 unspecified atom stereocenters. The van der Waals surface area contributed by atoms with Gasteiger partial charge < -0.3 is 44.9 Å². The summed E-state index contributed by atoms with van der Waals surface area (Å²) in [5.41, 5.74) is 0. The normalized spacial score (nSPS) is 14.7. The number of Topliss-reactive ketones (excluding diaryl/α,β-unsaturated/α-hetero) is 2. The molecule has 16 nitrogen and oxygen atoms in total. The Bertz CT molecular complexity index is 1370. The van der Waals surface area contributed by atoms with Crippen LogP contribution in [0.1, 0.15) is 150 Å². The maximum Gasteiger partial charge on any atom is 0.306 e. The Hall–Kier alpha value is -1.37. The van der Waals surface area contributed by atoms with E-state index in [1.807, 2.05) is 64.8 Å². The standard InChI is InChI=1S/C42H74N2O14.C2H2S6.H2/c1-34(41(51)52)17-14-15-23-43-39(48)33-58-30-27-55-25-16-19-37(46)32-57-29-28-56-26-24-44-38(47)22-21-35(42(53)54)31-36(45)18-12-10-8-6-4-2-3-5-7-9-11-13-20-40(49)50;1-3-5-2(6-4-1)7-8-2;/h34-35H,2-33H2,1H3,(H,43,48)(H,44,47)(H,49,50)(H,51,52)(H,53,54);1H2;1H/t34-,35+;;/m0../s1. The molecule has 2 fully saturated rings. The second-order valence-electron chi connectivity index (χ2n) is 16.0. The van der Waals surface area contributed by atoms with E-state index in [-0.39, 0.29) is 96.7 Å². The van der Waals surface area contributed by atoms with E-state index in [4.69, 9.17) is 29.2 Å². The van der Waals surface area contributed by atoms with Crippen molar-refractivity contribution in [2.24, 2.45) is 11.8 Å². The minimum absolute atomic E-state index is 0. The monoisotopic (exact) mass is 1050 g/mol. The molecule has 2 saturated heterocycles. The largest absolute Gasteiger partial charge is 0.481 e. The number of rotatable bonds is 44. The van der Waals surface area contributed by atoms with Crippen molar-refractivity contribution in [3.8, 4) is 0 Å². The molecule has 0 saturated carbocycles. The fourth-order valence-electron chi connectivity index (χ4n) is 6.24. The molecule has 0 radical (unpaired) electrons. The zero-order chi connectivity index (χ0) is 48.5. The molecule has 66 heavy (non-hydrogen) atoms. The summed E-state index contributed by atoms with van der Waals surface area (Å²) in [5.74, 6) is -4.62. The van der Waals surface area contributed by atoms with Crippen LogP contribution in [0.2, 0.25) is 0 Å². The molecular formula is C44H78N2O14S6. The smallest absolute Gasteiger partial charge is 0.306 e. The van der Waals surface area contributed by atoms with Gasteiger partial charge in [0.1, 0.15) is 19.0 Å². The van der Waals surface area contributed by atoms with Gasteiger partial charge in [-0.25, -0.2) is 0 Å². The van der Waals surface area contributed by atoms with Crippen LogP contribution in [0, 0.1) is 11.8 Å². The Balaban J connectivity index is 0.00000428. The zero-order valence-electron chi connectivity index (χ0n) is 38.8. The number of aliphatic carboxylic acids is 3. The molecule has 2 atom stereocenters. The highest BCUT2D eigenvalue weighted by atomic mass is 33.2. The number of hydrogen-bond donors (Lipinski definition) is 5. The highest BCUT2D eigenvalue weighted by molar-refractivity contribution is 9.14. The van der Waals surface area contributed by atoms with Gasteiger partial charge in [-0.2, -0.15) is 0 Å². The van der Waals surface area contributed by atoms with Crippen molar-refractivity contribution in [3.63, 3.8) is 0 Å². The molecule has 1 spiro atoms. The van der Waals surface area contributed by atoms with E-state index in [2.05, 4.69) is 10.6 Å². The average molecular weight is 1050 g/mol. The number of nitrogens with one attached hydrogen (secondary N) is 2. The molecule has 2 heterocycles. The van der Waals surface area contributed by atoms with Gasteiger partial charge in [-0.15, -0.1) is 0 Å². The molecular weight excluding hydrogens is 973 g/mol. The van der Waals surface area contributed by atoms with Crippen LogP contribution in [0.3, 0.4) is 0 Å². The first-order chi connectivity index (χ1) is 31.8. The van der Waals surface area contributed by atoms with Crippen LogP contribution in [0.15, 0.2) is 0 Å². The first-order valence-corrected chi connectivity index (χ1v) is 30.2. The van der Waals surface area contributed by atoms with Crippen LogP contribution in [-0.4, -0.2) is 130 Å². The van der Waals surface area contributed by atoms with E-state index >= 15 is 0 Å². The molecule has 0 aromatic carbocycles. The third-order valence-corrected chi connectivity index (χ3v) is 23.1. The van der Waals surface area contributed by atoms with Crippen LogP contribution in [0.4, 0.5) is 0 Å². The Morgan fingerprint density at radius 2 is 1.05 bits per heavy atom. The molecule has 5 N–H and O–H groups in total. The van der Waals surface area contributed by atoms with Gasteiger partial charge in [-0.1, -0.05) is 121 Å². The van der Waals surface area contributed by atoms with Gasteiger partial charge in [0.2, 0.25) is 11.8 Å². The van der Waals surface area contributed by atoms with Gasteiger partial charge in [0.25, 0.3) is 0 Å². The van der Waals surface area contributed by atoms with Crippen molar-refractivity contribution in [1.29, 1.82) is 0 Å². The van der Waals surface area contributed by atoms with Crippen LogP contribution in [-0.2, 0) is 52.5 Å². The number of hydrogen-bond acceptors (Lipinski definition) is 17. The summed E-state index contributed by atoms with van der Waals surface area (Å²) in [6, 6.07) is 0. The summed E-state index contributed by atoms with van der Waals surface area (Å²) >= 11 is 0. The van der Waals surface area contributed by atoms with Gasteiger partial charge in [0.15, 0.2) is 8.53 Å². The molecule has 0 aromatic rings. The minimum atomic E-state index is -1.08. The maximum absolute atomic E-state index is 12.4. The van der Waals surface area contributed by atoms with Crippen molar-refractivity contribution in [3.05, 3.63) is 0 Å². The van der Waals surface area contributed by atoms with E-state index in [0.717, 1.165) is 64.2 Å². The Morgan fingerprint density at radius 3 is 1.61 bits per heavy atom. The van der Waals surface area contributed by atoms with E-state index in [1.54, 1.807) is 6.92 Å². The van der Waals surface area contributed by atoms with Crippen molar-refractivity contribution >= 4 is 106 Å². The number of carboxylic acid groups (broad SMARTS) is 3. The van der Waals surface area contributed by atoms with Crippen LogP contribution in [0.5, 0.6) is 0 Å². The summed E-state index contributed by atoms with van der Waals surface area (Å²) in [5, 5.41) is 33.7. The average Bonchev–Trinajstić information content (AvgIpc) is 4.04. The number of amides is 2. The van der Waals surface area contributed by atoms with Gasteiger partial charge in [-0.05, 0) is 60.1 Å². The topological polar surface area (TPSA) is 241 Å². The zero-order valence-corrected chi connectivity index (χ0v) is 43.7. The van der Waals surface area contributed by atoms with Gasteiger partial charge in [0, 0.05) is 53.2 Å². The Morgan fingerprint density at radius 1 is 0.515 bits per heavy atom. The van der Waals surface area contributed by atoms with Crippen molar-refractivity contribution < 1.29 is 69.3 Å². The second kappa shape index (κ2) is 42.5. The van der Waals surface area contributed by atoms with Crippen molar-refractivity contribution in [2.45, 2.75) is 151 Å².